The first-order chi connectivity index (χ1) is 9.38. The number of nitriles is 1. The third-order valence-electron chi connectivity index (χ3n) is 3.02. The highest BCUT2D eigenvalue weighted by Crippen LogP contribution is 2.24. The third-order valence-corrected chi connectivity index (χ3v) is 3.02. The number of hydrogen-bond donors (Lipinski definition) is 1. The largest absolute Gasteiger partial charge is 0.488 e. The van der Waals surface area contributed by atoms with Crippen LogP contribution < -0.4 is 4.74 Å². The Labute approximate surface area is 114 Å². The molecule has 1 N–H and O–H groups in total. The van der Waals surface area contributed by atoms with Crippen LogP contribution in [-0.2, 0) is 0 Å². The smallest absolute Gasteiger partial charge is 0.415 e. The Morgan fingerprint density at radius 2 is 1.95 bits per heavy atom. The van der Waals surface area contributed by atoms with Crippen molar-refractivity contribution in [1.82, 2.24) is 4.90 Å². The van der Waals surface area contributed by atoms with E-state index in [0.717, 1.165) is 0 Å². The summed E-state index contributed by atoms with van der Waals surface area (Å²) >= 11 is 0. The first-order valence-electron chi connectivity index (χ1n) is 6.02. The summed E-state index contributed by atoms with van der Waals surface area (Å²) in [6, 6.07) is 8.49. The maximum Gasteiger partial charge on any atom is 0.415 e. The Morgan fingerprint density at radius 1 is 1.35 bits per heavy atom. The highest BCUT2D eigenvalue weighted by atomic mass is 19.4. The summed E-state index contributed by atoms with van der Waals surface area (Å²) in [6.45, 7) is 0.247. The molecule has 1 saturated heterocycles. The van der Waals surface area contributed by atoms with Gasteiger partial charge >= 0.3 is 6.18 Å². The fourth-order valence-corrected chi connectivity index (χ4v) is 1.89. The van der Waals surface area contributed by atoms with Crippen molar-refractivity contribution in [3.63, 3.8) is 0 Å². The number of nitrogens with zero attached hydrogens (tertiary/aromatic N) is 2. The van der Waals surface area contributed by atoms with Crippen molar-refractivity contribution >= 4 is 0 Å². The molecule has 0 saturated carbocycles. The monoisotopic (exact) mass is 286 g/mol. The zero-order valence-corrected chi connectivity index (χ0v) is 10.5. The molecule has 0 radical (unpaired) electrons. The van der Waals surface area contributed by atoms with Crippen LogP contribution >= 0.6 is 0 Å². The number of halogens is 3. The van der Waals surface area contributed by atoms with Crippen LogP contribution in [0.5, 0.6) is 5.75 Å². The van der Waals surface area contributed by atoms with Gasteiger partial charge in [0.15, 0.2) is 6.10 Å². The summed E-state index contributed by atoms with van der Waals surface area (Å²) in [4.78, 5) is 1.48. The average molecular weight is 286 g/mol. The highest BCUT2D eigenvalue weighted by molar-refractivity contribution is 5.34. The van der Waals surface area contributed by atoms with E-state index in [4.69, 9.17) is 15.1 Å². The molecule has 1 unspecified atom stereocenters. The normalized spacial score (nSPS) is 18.1. The van der Waals surface area contributed by atoms with E-state index in [1.807, 2.05) is 6.07 Å². The second kappa shape index (κ2) is 5.69. The first-order valence-corrected chi connectivity index (χ1v) is 6.02. The summed E-state index contributed by atoms with van der Waals surface area (Å²) in [5.74, 6) is 0.574. The van der Waals surface area contributed by atoms with Gasteiger partial charge < -0.3 is 9.84 Å². The van der Waals surface area contributed by atoms with E-state index in [1.54, 1.807) is 24.3 Å². The molecule has 1 heterocycles. The minimum absolute atomic E-state index is 0.191. The zero-order valence-electron chi connectivity index (χ0n) is 10.5. The maximum atomic E-state index is 12.2. The van der Waals surface area contributed by atoms with Gasteiger partial charge in [0, 0.05) is 19.6 Å². The van der Waals surface area contributed by atoms with E-state index >= 15 is 0 Å². The van der Waals surface area contributed by atoms with Gasteiger partial charge in [-0.05, 0) is 24.3 Å². The molecule has 1 aliphatic heterocycles. The molecular weight excluding hydrogens is 273 g/mol. The molecular formula is C13H13F3N2O2. The van der Waals surface area contributed by atoms with Crippen LogP contribution in [-0.4, -0.2) is 48.0 Å². The van der Waals surface area contributed by atoms with Crippen molar-refractivity contribution in [3.05, 3.63) is 29.8 Å². The molecule has 0 aliphatic carbocycles. The molecule has 4 nitrogen and oxygen atoms in total. The Bertz CT molecular complexity index is 490. The fourth-order valence-electron chi connectivity index (χ4n) is 1.89. The van der Waals surface area contributed by atoms with Crippen molar-refractivity contribution in [2.75, 3.05) is 19.6 Å². The SMILES string of the molecule is N#Cc1ccc(OC2CN(CC(O)C(F)(F)F)C2)cc1. The molecule has 1 aromatic rings. The van der Waals surface area contributed by atoms with Crippen molar-refractivity contribution in [3.8, 4) is 11.8 Å². The van der Waals surface area contributed by atoms with Gasteiger partial charge in [0.2, 0.25) is 0 Å². The highest BCUT2D eigenvalue weighted by Gasteiger charge is 2.41. The van der Waals surface area contributed by atoms with E-state index in [-0.39, 0.29) is 6.10 Å². The van der Waals surface area contributed by atoms with Crippen LogP contribution in [0.15, 0.2) is 24.3 Å². The van der Waals surface area contributed by atoms with Crippen LogP contribution in [0, 0.1) is 11.3 Å². The average Bonchev–Trinajstić information content (AvgIpc) is 2.35. The predicted molar refractivity (Wildman–Crippen MR) is 64.1 cm³/mol. The molecule has 7 heteroatoms. The molecule has 0 amide bonds. The Kier molecular flexibility index (Phi) is 4.16. The molecule has 2 rings (SSSR count). The lowest BCUT2D eigenvalue weighted by Crippen LogP contribution is -2.57. The summed E-state index contributed by atoms with van der Waals surface area (Å²) in [5.41, 5.74) is 0.515. The number of likely N-dealkylation sites (tertiary alicyclic amines) is 1. The number of ether oxygens (including phenoxy) is 1. The zero-order chi connectivity index (χ0) is 14.8. The van der Waals surface area contributed by atoms with Crippen LogP contribution in [0.3, 0.4) is 0 Å². The summed E-state index contributed by atoms with van der Waals surface area (Å²) in [5, 5.41) is 17.6. The molecule has 0 aromatic heterocycles. The van der Waals surface area contributed by atoms with Gasteiger partial charge in [-0.1, -0.05) is 0 Å². The maximum absolute atomic E-state index is 12.2. The standard InChI is InChI=1S/C13H13F3N2O2/c14-13(15,16)12(19)8-18-6-11(7-18)20-10-3-1-9(5-17)2-4-10/h1-4,11-12,19H,6-8H2. The second-order valence-electron chi connectivity index (χ2n) is 4.65. The number of hydrogen-bond acceptors (Lipinski definition) is 4. The van der Waals surface area contributed by atoms with E-state index in [9.17, 15) is 13.2 Å². The minimum Gasteiger partial charge on any atom is -0.488 e. The van der Waals surface area contributed by atoms with Crippen molar-refractivity contribution in [1.29, 1.82) is 5.26 Å². The van der Waals surface area contributed by atoms with Gasteiger partial charge in [-0.25, -0.2) is 0 Å². The predicted octanol–water partition coefficient (Wildman–Crippen LogP) is 1.54. The quantitative estimate of drug-likeness (QED) is 0.912. The van der Waals surface area contributed by atoms with Crippen LogP contribution in [0.25, 0.3) is 0 Å². The number of alkyl halides is 3. The molecule has 1 aromatic carbocycles. The number of benzene rings is 1. The van der Waals surface area contributed by atoms with Gasteiger partial charge in [-0.15, -0.1) is 0 Å². The number of aliphatic hydroxyl groups excluding tert-OH is 1. The van der Waals surface area contributed by atoms with Crippen LogP contribution in [0.2, 0.25) is 0 Å². The lowest BCUT2D eigenvalue weighted by atomic mass is 10.1. The van der Waals surface area contributed by atoms with Crippen molar-refractivity contribution < 1.29 is 23.0 Å². The van der Waals surface area contributed by atoms with E-state index < -0.39 is 18.8 Å². The first kappa shape index (κ1) is 14.6. The molecule has 1 aliphatic rings. The van der Waals surface area contributed by atoms with Gasteiger partial charge in [-0.2, -0.15) is 18.4 Å². The number of β-amino-alcohol motifs (C(OH)–C–C–N with tert-alkyl or cyclic N) is 1. The van der Waals surface area contributed by atoms with Gasteiger partial charge in [-0.3, -0.25) is 4.90 Å². The molecule has 0 spiro atoms. The molecule has 108 valence electrons. The second-order valence-corrected chi connectivity index (χ2v) is 4.65. The fraction of sp³-hybridized carbons (Fsp3) is 0.462. The van der Waals surface area contributed by atoms with E-state index in [1.165, 1.54) is 4.90 Å². The molecule has 1 fully saturated rings. The van der Waals surface area contributed by atoms with Gasteiger partial charge in [0.1, 0.15) is 11.9 Å². The minimum atomic E-state index is -4.58. The molecule has 0 bridgehead atoms. The number of rotatable bonds is 4. The van der Waals surface area contributed by atoms with E-state index in [2.05, 4.69) is 0 Å². The van der Waals surface area contributed by atoms with Gasteiger partial charge in [0.25, 0.3) is 0 Å². The van der Waals surface area contributed by atoms with Crippen LogP contribution in [0.4, 0.5) is 13.2 Å². The van der Waals surface area contributed by atoms with Crippen molar-refractivity contribution in [2.45, 2.75) is 18.4 Å². The molecule has 20 heavy (non-hydrogen) atoms. The van der Waals surface area contributed by atoms with Crippen LogP contribution in [0.1, 0.15) is 5.56 Å². The van der Waals surface area contributed by atoms with Crippen molar-refractivity contribution in [2.24, 2.45) is 0 Å². The van der Waals surface area contributed by atoms with E-state index in [0.29, 0.717) is 24.4 Å². The van der Waals surface area contributed by atoms with Gasteiger partial charge in [0.05, 0.1) is 11.6 Å². The Hall–Kier alpha value is -1.78. The topological polar surface area (TPSA) is 56.5 Å². The third kappa shape index (κ3) is 3.62. The number of aliphatic hydroxyl groups is 1. The lowest BCUT2D eigenvalue weighted by Gasteiger charge is -2.40. The Morgan fingerprint density at radius 3 is 2.45 bits per heavy atom. The summed E-state index contributed by atoms with van der Waals surface area (Å²) in [6.07, 6.45) is -7.10. The summed E-state index contributed by atoms with van der Waals surface area (Å²) < 4.78 is 42.0. The Balaban J connectivity index is 1.75. The summed E-state index contributed by atoms with van der Waals surface area (Å²) in [7, 11) is 0. The lowest BCUT2D eigenvalue weighted by molar-refractivity contribution is -0.212. The molecule has 1 atom stereocenters.